The molecule has 170 valence electrons. The van der Waals surface area contributed by atoms with E-state index in [0.29, 0.717) is 29.0 Å². The molecule has 0 saturated heterocycles. The highest BCUT2D eigenvalue weighted by atomic mass is 32.1. The lowest BCUT2D eigenvalue weighted by Gasteiger charge is -2.10. The molecule has 1 aliphatic rings. The number of imidazole rings is 1. The SMILES string of the molecule is O=c1[nH]c(O)c(C=c2cnn3c(=NC4CC4)nc(NCc4ccccc4-c4ccsc4)nc23)[nH]1. The molecule has 4 heterocycles. The summed E-state index contributed by atoms with van der Waals surface area (Å²) < 4.78 is 1.58. The molecule has 5 aromatic rings. The second kappa shape index (κ2) is 8.27. The zero-order valence-electron chi connectivity index (χ0n) is 17.9. The number of anilines is 1. The summed E-state index contributed by atoms with van der Waals surface area (Å²) in [6.45, 7) is 0.532. The number of fused-ring (bicyclic) bond motifs is 1. The number of H-pyrrole nitrogens is 2. The van der Waals surface area contributed by atoms with Crippen molar-refractivity contribution in [2.24, 2.45) is 4.99 Å². The lowest BCUT2D eigenvalue weighted by molar-refractivity contribution is 0.454. The van der Waals surface area contributed by atoms with Crippen molar-refractivity contribution in [2.45, 2.75) is 25.4 Å². The number of aromatic nitrogens is 6. The van der Waals surface area contributed by atoms with Crippen LogP contribution in [0.15, 0.2) is 57.1 Å². The number of rotatable bonds is 6. The topological polar surface area (TPSA) is 136 Å². The van der Waals surface area contributed by atoms with Crippen LogP contribution in [-0.2, 0) is 6.54 Å². The average molecular weight is 473 g/mol. The fourth-order valence-corrected chi connectivity index (χ4v) is 4.36. The van der Waals surface area contributed by atoms with E-state index in [9.17, 15) is 9.90 Å². The smallest absolute Gasteiger partial charge is 0.326 e. The van der Waals surface area contributed by atoms with Gasteiger partial charge in [0.2, 0.25) is 11.8 Å². The first kappa shape index (κ1) is 20.4. The van der Waals surface area contributed by atoms with E-state index < -0.39 is 5.69 Å². The zero-order valence-corrected chi connectivity index (χ0v) is 18.7. The van der Waals surface area contributed by atoms with Gasteiger partial charge in [-0.05, 0) is 52.4 Å². The molecule has 0 atom stereocenters. The second-order valence-electron chi connectivity index (χ2n) is 8.05. The number of thiophene rings is 1. The second-order valence-corrected chi connectivity index (χ2v) is 8.83. The molecule has 1 aromatic carbocycles. The van der Waals surface area contributed by atoms with Gasteiger partial charge in [-0.25, -0.2) is 9.79 Å². The summed E-state index contributed by atoms with van der Waals surface area (Å²) in [6.07, 6.45) is 5.28. The van der Waals surface area contributed by atoms with Crippen molar-refractivity contribution in [1.82, 2.24) is 29.5 Å². The Morgan fingerprint density at radius 1 is 1.24 bits per heavy atom. The van der Waals surface area contributed by atoms with E-state index in [0.717, 1.165) is 24.0 Å². The molecule has 4 aromatic heterocycles. The predicted molar refractivity (Wildman–Crippen MR) is 128 cm³/mol. The summed E-state index contributed by atoms with van der Waals surface area (Å²) in [5, 5.41) is 22.5. The minimum atomic E-state index is -0.495. The van der Waals surface area contributed by atoms with Gasteiger partial charge in [0.05, 0.1) is 12.2 Å². The van der Waals surface area contributed by atoms with E-state index in [1.165, 1.54) is 5.56 Å². The number of benzene rings is 1. The molecule has 0 unspecified atom stereocenters. The van der Waals surface area contributed by atoms with E-state index >= 15 is 0 Å². The number of aromatic hydroxyl groups is 1. The third kappa shape index (κ3) is 3.97. The molecule has 11 heteroatoms. The van der Waals surface area contributed by atoms with Gasteiger partial charge in [-0.2, -0.15) is 30.9 Å². The Morgan fingerprint density at radius 2 is 2.12 bits per heavy atom. The Morgan fingerprint density at radius 3 is 2.88 bits per heavy atom. The van der Waals surface area contributed by atoms with Crippen molar-refractivity contribution in [3.63, 3.8) is 0 Å². The Hall–Kier alpha value is -4.25. The number of nitrogens with one attached hydrogen (secondary N) is 3. The van der Waals surface area contributed by atoms with Crippen LogP contribution < -0.4 is 21.8 Å². The quantitative estimate of drug-likeness (QED) is 0.298. The van der Waals surface area contributed by atoms with Crippen molar-refractivity contribution < 1.29 is 5.11 Å². The normalized spacial score (nSPS) is 14.8. The van der Waals surface area contributed by atoms with Crippen molar-refractivity contribution in [2.75, 3.05) is 5.32 Å². The van der Waals surface area contributed by atoms with Crippen LogP contribution in [0.1, 0.15) is 24.1 Å². The minimum absolute atomic E-state index is 0.243. The van der Waals surface area contributed by atoms with Gasteiger partial charge in [-0.1, -0.05) is 24.3 Å². The molecule has 0 bridgehead atoms. The van der Waals surface area contributed by atoms with Gasteiger partial charge >= 0.3 is 5.69 Å². The molecule has 0 radical (unpaired) electrons. The zero-order chi connectivity index (χ0) is 23.1. The Balaban J connectivity index is 1.41. The van der Waals surface area contributed by atoms with Crippen LogP contribution in [0.25, 0.3) is 22.9 Å². The molecular formula is C23H20N8O2S. The Kier molecular flexibility index (Phi) is 4.95. The third-order valence-corrected chi connectivity index (χ3v) is 6.23. The Bertz CT molecular complexity index is 1660. The van der Waals surface area contributed by atoms with Gasteiger partial charge in [-0.3, -0.25) is 4.98 Å². The molecule has 0 aliphatic heterocycles. The van der Waals surface area contributed by atoms with E-state index in [4.69, 9.17) is 4.99 Å². The molecule has 0 amide bonds. The molecule has 1 saturated carbocycles. The van der Waals surface area contributed by atoms with Gasteiger partial charge in [0.15, 0.2) is 5.65 Å². The number of aromatic amines is 2. The lowest BCUT2D eigenvalue weighted by Crippen LogP contribution is -2.24. The summed E-state index contributed by atoms with van der Waals surface area (Å²) in [7, 11) is 0. The van der Waals surface area contributed by atoms with E-state index in [2.05, 4.69) is 59.3 Å². The van der Waals surface area contributed by atoms with Gasteiger partial charge in [0, 0.05) is 11.8 Å². The lowest BCUT2D eigenvalue weighted by atomic mass is 10.0. The molecule has 0 spiro atoms. The molecular weight excluding hydrogens is 452 g/mol. The van der Waals surface area contributed by atoms with Crippen molar-refractivity contribution in [3.8, 4) is 17.0 Å². The van der Waals surface area contributed by atoms with Crippen LogP contribution in [-0.4, -0.2) is 40.7 Å². The van der Waals surface area contributed by atoms with Gasteiger partial charge in [0.1, 0.15) is 5.69 Å². The van der Waals surface area contributed by atoms with E-state index in [-0.39, 0.29) is 17.6 Å². The average Bonchev–Trinajstić information content (AvgIpc) is 3.20. The highest BCUT2D eigenvalue weighted by Crippen LogP contribution is 2.26. The van der Waals surface area contributed by atoms with E-state index in [1.54, 1.807) is 28.1 Å². The van der Waals surface area contributed by atoms with Crippen molar-refractivity contribution >= 4 is 29.0 Å². The van der Waals surface area contributed by atoms with Crippen LogP contribution in [0.2, 0.25) is 0 Å². The fourth-order valence-electron chi connectivity index (χ4n) is 3.71. The maximum atomic E-state index is 11.5. The maximum absolute atomic E-state index is 11.5. The third-order valence-electron chi connectivity index (χ3n) is 5.54. The van der Waals surface area contributed by atoms with Crippen LogP contribution in [0, 0.1) is 0 Å². The number of nitrogens with zero attached hydrogens (tertiary/aromatic N) is 5. The number of hydrogen-bond acceptors (Lipinski definition) is 8. The first-order valence-corrected chi connectivity index (χ1v) is 11.8. The highest BCUT2D eigenvalue weighted by molar-refractivity contribution is 7.08. The van der Waals surface area contributed by atoms with Crippen LogP contribution in [0.5, 0.6) is 5.88 Å². The van der Waals surface area contributed by atoms with Gasteiger partial charge < -0.3 is 15.4 Å². The van der Waals surface area contributed by atoms with Crippen molar-refractivity contribution in [1.29, 1.82) is 0 Å². The summed E-state index contributed by atoms with van der Waals surface area (Å²) in [4.78, 5) is 30.3. The first-order chi connectivity index (χ1) is 16.6. The summed E-state index contributed by atoms with van der Waals surface area (Å²) >= 11 is 1.67. The molecule has 10 nitrogen and oxygen atoms in total. The fraction of sp³-hybridized carbons (Fsp3) is 0.174. The maximum Gasteiger partial charge on any atom is 0.326 e. The monoisotopic (exact) mass is 472 g/mol. The van der Waals surface area contributed by atoms with Gasteiger partial charge in [0.25, 0.3) is 5.62 Å². The molecule has 4 N–H and O–H groups in total. The van der Waals surface area contributed by atoms with Crippen LogP contribution in [0.4, 0.5) is 5.95 Å². The van der Waals surface area contributed by atoms with Crippen molar-refractivity contribution in [3.05, 3.63) is 79.9 Å². The molecule has 1 fully saturated rings. The summed E-state index contributed by atoms with van der Waals surface area (Å²) in [5.41, 5.74) is 4.20. The molecule has 1 aliphatic carbocycles. The standard InChI is InChI=1S/C23H20N8O2S/c32-20-18(27-23(33)29-20)9-15-11-25-31-19(15)28-21(30-22(31)26-16-5-6-16)24-10-13-3-1-2-4-17(13)14-7-8-34-12-14/h1-4,7-9,11-12,16,32H,5-6,10H2,(H,24,26,30)(H2,27,29,33). The minimum Gasteiger partial charge on any atom is -0.493 e. The summed E-state index contributed by atoms with van der Waals surface area (Å²) in [6, 6.07) is 10.6. The van der Waals surface area contributed by atoms with Crippen LogP contribution in [0.3, 0.4) is 0 Å². The van der Waals surface area contributed by atoms with E-state index in [1.807, 2.05) is 12.1 Å². The largest absolute Gasteiger partial charge is 0.493 e. The van der Waals surface area contributed by atoms with Crippen LogP contribution >= 0.6 is 11.3 Å². The predicted octanol–water partition coefficient (Wildman–Crippen LogP) is 1.80. The van der Waals surface area contributed by atoms with Gasteiger partial charge in [-0.15, -0.1) is 0 Å². The number of hydrogen-bond donors (Lipinski definition) is 4. The Labute approximate surface area is 196 Å². The molecule has 34 heavy (non-hydrogen) atoms. The summed E-state index contributed by atoms with van der Waals surface area (Å²) in [5.74, 6) is 0.179. The molecule has 6 rings (SSSR count). The highest BCUT2D eigenvalue weighted by Gasteiger charge is 2.21. The first-order valence-electron chi connectivity index (χ1n) is 10.8.